The van der Waals surface area contributed by atoms with E-state index in [1.807, 2.05) is 0 Å². The first-order valence-corrected chi connectivity index (χ1v) is 12.9. The first-order chi connectivity index (χ1) is 14.5. The Labute approximate surface area is 181 Å². The maximum atomic E-state index is 12.8. The van der Waals surface area contributed by atoms with E-state index in [1.54, 1.807) is 5.38 Å². The topological polar surface area (TPSA) is 93.2 Å². The zero-order valence-corrected chi connectivity index (χ0v) is 18.3. The predicted octanol–water partition coefficient (Wildman–Crippen LogP) is 4.37. The predicted molar refractivity (Wildman–Crippen MR) is 111 cm³/mol. The number of nitrogens with one attached hydrogen (secondary N) is 1. The van der Waals surface area contributed by atoms with Gasteiger partial charge in [-0.15, -0.1) is 11.3 Å². The molecule has 0 saturated heterocycles. The van der Waals surface area contributed by atoms with E-state index in [1.165, 1.54) is 42.6 Å². The second-order valence-electron chi connectivity index (χ2n) is 6.53. The molecule has 12 heteroatoms. The van der Waals surface area contributed by atoms with Gasteiger partial charge < -0.3 is 0 Å². The summed E-state index contributed by atoms with van der Waals surface area (Å²) in [5.41, 5.74) is -0.393. The van der Waals surface area contributed by atoms with Gasteiger partial charge in [-0.2, -0.15) is 13.2 Å². The standard InChI is InChI=1S/C19H17F3N2O4S3/c20-19(21,22)15-5-1-3-14(13-15)4-2-12-30(25,26)16-6-8-17(9-7-16)31(27,28)24-18-23-10-11-29-18/h1,3,5-11,13H,2,4,12H2,(H,23,24). The Balaban J connectivity index is 1.64. The van der Waals surface area contributed by atoms with Crippen molar-refractivity contribution >= 4 is 36.3 Å². The minimum atomic E-state index is -4.46. The zero-order valence-electron chi connectivity index (χ0n) is 15.8. The van der Waals surface area contributed by atoms with Crippen LogP contribution >= 0.6 is 11.3 Å². The van der Waals surface area contributed by atoms with Crippen molar-refractivity contribution in [2.24, 2.45) is 0 Å². The summed E-state index contributed by atoms with van der Waals surface area (Å²) in [5, 5.41) is 1.79. The van der Waals surface area contributed by atoms with Crippen LogP contribution < -0.4 is 4.72 Å². The summed E-state index contributed by atoms with van der Waals surface area (Å²) in [7, 11) is -7.63. The minimum Gasteiger partial charge on any atom is -0.255 e. The lowest BCUT2D eigenvalue weighted by Crippen LogP contribution is -2.13. The Bertz CT molecular complexity index is 1240. The molecule has 0 amide bonds. The van der Waals surface area contributed by atoms with Gasteiger partial charge in [0.15, 0.2) is 15.0 Å². The molecule has 2 aromatic carbocycles. The fourth-order valence-electron chi connectivity index (χ4n) is 2.76. The monoisotopic (exact) mass is 490 g/mol. The van der Waals surface area contributed by atoms with Gasteiger partial charge in [0.25, 0.3) is 10.0 Å². The number of rotatable bonds is 8. The van der Waals surface area contributed by atoms with Crippen LogP contribution in [0.2, 0.25) is 0 Å². The molecule has 3 aromatic rings. The van der Waals surface area contributed by atoms with Crippen LogP contribution in [0, 0.1) is 0 Å². The molecule has 0 fully saturated rings. The number of sulfone groups is 1. The Morgan fingerprint density at radius 2 is 1.65 bits per heavy atom. The van der Waals surface area contributed by atoms with Crippen molar-refractivity contribution in [3.8, 4) is 0 Å². The molecule has 1 aromatic heterocycles. The number of halogens is 3. The molecule has 3 rings (SSSR count). The number of alkyl halides is 3. The van der Waals surface area contributed by atoms with Crippen LogP contribution in [0.15, 0.2) is 69.9 Å². The third-order valence-corrected chi connectivity index (χ3v) is 8.27. The van der Waals surface area contributed by atoms with Gasteiger partial charge in [-0.25, -0.2) is 21.8 Å². The SMILES string of the molecule is O=S(=O)(CCCc1cccc(C(F)(F)F)c1)c1ccc(S(=O)(=O)Nc2nccs2)cc1. The first-order valence-electron chi connectivity index (χ1n) is 8.89. The van der Waals surface area contributed by atoms with Gasteiger partial charge in [-0.3, -0.25) is 4.72 Å². The molecule has 0 aliphatic rings. The maximum Gasteiger partial charge on any atom is 0.416 e. The highest BCUT2D eigenvalue weighted by Gasteiger charge is 2.30. The maximum absolute atomic E-state index is 12.8. The van der Waals surface area contributed by atoms with Crippen molar-refractivity contribution in [1.82, 2.24) is 4.98 Å². The number of aryl methyl sites for hydroxylation is 1. The summed E-state index contributed by atoms with van der Waals surface area (Å²) in [6, 6.07) is 9.49. The van der Waals surface area contributed by atoms with E-state index in [0.717, 1.165) is 23.5 Å². The smallest absolute Gasteiger partial charge is 0.255 e. The van der Waals surface area contributed by atoms with E-state index < -0.39 is 31.6 Å². The summed E-state index contributed by atoms with van der Waals surface area (Å²) in [5.74, 6) is -0.285. The van der Waals surface area contributed by atoms with Crippen LogP contribution in [0.5, 0.6) is 0 Å². The Hall–Kier alpha value is -2.44. The highest BCUT2D eigenvalue weighted by molar-refractivity contribution is 7.93. The van der Waals surface area contributed by atoms with Gasteiger partial charge in [-0.05, 0) is 48.7 Å². The quantitative estimate of drug-likeness (QED) is 0.506. The number of anilines is 1. The number of thiazole rings is 1. The normalized spacial score (nSPS) is 12.6. The molecule has 0 atom stereocenters. The average Bonchev–Trinajstić information content (AvgIpc) is 3.20. The summed E-state index contributed by atoms with van der Waals surface area (Å²) in [6.45, 7) is 0. The molecule has 0 aliphatic carbocycles. The molecule has 1 heterocycles. The van der Waals surface area contributed by atoms with E-state index in [2.05, 4.69) is 9.71 Å². The molecule has 31 heavy (non-hydrogen) atoms. The molecule has 166 valence electrons. The van der Waals surface area contributed by atoms with Crippen molar-refractivity contribution in [1.29, 1.82) is 0 Å². The second kappa shape index (κ2) is 8.97. The number of hydrogen-bond donors (Lipinski definition) is 1. The average molecular weight is 491 g/mol. The van der Waals surface area contributed by atoms with Gasteiger partial charge in [0.2, 0.25) is 0 Å². The fraction of sp³-hybridized carbons (Fsp3) is 0.211. The highest BCUT2D eigenvalue weighted by atomic mass is 32.2. The largest absolute Gasteiger partial charge is 0.416 e. The van der Waals surface area contributed by atoms with Crippen LogP contribution in [0.4, 0.5) is 18.3 Å². The summed E-state index contributed by atoms with van der Waals surface area (Å²) < 4.78 is 90.3. The van der Waals surface area contributed by atoms with Gasteiger partial charge in [-0.1, -0.05) is 18.2 Å². The highest BCUT2D eigenvalue weighted by Crippen LogP contribution is 2.30. The first kappa shape index (κ1) is 23.2. The number of hydrogen-bond acceptors (Lipinski definition) is 6. The molecular formula is C19H17F3N2O4S3. The zero-order chi connectivity index (χ0) is 22.7. The Morgan fingerprint density at radius 3 is 2.26 bits per heavy atom. The molecule has 1 N–H and O–H groups in total. The lowest BCUT2D eigenvalue weighted by Gasteiger charge is -2.09. The summed E-state index contributed by atoms with van der Waals surface area (Å²) in [6.07, 6.45) is -2.74. The molecule has 6 nitrogen and oxygen atoms in total. The van der Waals surface area contributed by atoms with Crippen molar-refractivity contribution < 1.29 is 30.0 Å². The van der Waals surface area contributed by atoms with E-state index in [4.69, 9.17) is 0 Å². The molecular weight excluding hydrogens is 473 g/mol. The molecule has 0 radical (unpaired) electrons. The van der Waals surface area contributed by atoms with Crippen LogP contribution in [0.25, 0.3) is 0 Å². The summed E-state index contributed by atoms with van der Waals surface area (Å²) >= 11 is 1.10. The van der Waals surface area contributed by atoms with Crippen molar-refractivity contribution in [3.63, 3.8) is 0 Å². The van der Waals surface area contributed by atoms with Crippen LogP contribution in [0.1, 0.15) is 17.5 Å². The van der Waals surface area contributed by atoms with Crippen molar-refractivity contribution in [2.75, 3.05) is 10.5 Å². The van der Waals surface area contributed by atoms with Gasteiger partial charge in [0.1, 0.15) is 0 Å². The third kappa shape index (κ3) is 6.05. The van der Waals surface area contributed by atoms with E-state index in [9.17, 15) is 30.0 Å². The number of benzene rings is 2. The van der Waals surface area contributed by atoms with Crippen LogP contribution in [-0.4, -0.2) is 27.6 Å². The minimum absolute atomic E-state index is 0.0651. The molecule has 0 saturated carbocycles. The van der Waals surface area contributed by atoms with Crippen LogP contribution in [-0.2, 0) is 32.5 Å². The lowest BCUT2D eigenvalue weighted by molar-refractivity contribution is -0.137. The van der Waals surface area contributed by atoms with Crippen LogP contribution in [0.3, 0.4) is 0 Å². The second-order valence-corrected chi connectivity index (χ2v) is 11.2. The molecule has 0 aliphatic heterocycles. The molecule has 0 unspecified atom stereocenters. The van der Waals surface area contributed by atoms with E-state index in [0.29, 0.717) is 5.56 Å². The van der Waals surface area contributed by atoms with Crippen molar-refractivity contribution in [2.45, 2.75) is 28.8 Å². The molecule has 0 spiro atoms. The number of sulfonamides is 1. The van der Waals surface area contributed by atoms with E-state index in [-0.39, 0.29) is 33.5 Å². The van der Waals surface area contributed by atoms with Crippen molar-refractivity contribution in [3.05, 3.63) is 71.2 Å². The van der Waals surface area contributed by atoms with E-state index >= 15 is 0 Å². The fourth-order valence-corrected chi connectivity index (χ4v) is 5.86. The third-order valence-electron chi connectivity index (χ3n) is 4.28. The molecule has 0 bridgehead atoms. The number of nitrogens with zero attached hydrogens (tertiary/aromatic N) is 1. The van der Waals surface area contributed by atoms with Gasteiger partial charge in [0.05, 0.1) is 21.1 Å². The number of aromatic nitrogens is 1. The summed E-state index contributed by atoms with van der Waals surface area (Å²) in [4.78, 5) is 3.65. The van der Waals surface area contributed by atoms with Gasteiger partial charge in [0, 0.05) is 11.6 Å². The Kier molecular flexibility index (Phi) is 6.72. The lowest BCUT2D eigenvalue weighted by atomic mass is 10.1. The Morgan fingerprint density at radius 1 is 0.968 bits per heavy atom. The van der Waals surface area contributed by atoms with Gasteiger partial charge >= 0.3 is 6.18 Å².